The first-order chi connectivity index (χ1) is 14.1. The molecule has 0 atom stereocenters. The fraction of sp³-hybridized carbons (Fsp3) is 0.0833. The molecule has 1 heterocycles. The van der Waals surface area contributed by atoms with Crippen LogP contribution in [0.4, 0.5) is 16.2 Å². The van der Waals surface area contributed by atoms with E-state index in [2.05, 4.69) is 5.32 Å². The Morgan fingerprint density at radius 2 is 1.52 bits per heavy atom. The van der Waals surface area contributed by atoms with Crippen molar-refractivity contribution in [1.29, 1.82) is 0 Å². The summed E-state index contributed by atoms with van der Waals surface area (Å²) in [5, 5.41) is 2.83. The topological polar surface area (TPSA) is 52.7 Å². The number of amides is 3. The number of hydrogen-bond donors (Lipinski definition) is 1. The molecule has 1 aliphatic rings. The average molecular weight is 383 g/mol. The van der Waals surface area contributed by atoms with Gasteiger partial charge in [-0.1, -0.05) is 66.7 Å². The maximum absolute atomic E-state index is 12.9. The van der Waals surface area contributed by atoms with Crippen molar-refractivity contribution in [1.82, 2.24) is 5.32 Å². The van der Waals surface area contributed by atoms with E-state index in [0.29, 0.717) is 5.69 Å². The van der Waals surface area contributed by atoms with E-state index in [1.165, 1.54) is 4.90 Å². The Hall–Kier alpha value is -3.86. The molecule has 4 rings (SSSR count). The molecule has 5 heteroatoms. The number of fused-ring (bicyclic) bond motifs is 1. The van der Waals surface area contributed by atoms with Crippen molar-refractivity contribution in [3.8, 4) is 0 Å². The van der Waals surface area contributed by atoms with Crippen LogP contribution in [0.3, 0.4) is 0 Å². The SMILES string of the molecule is CN(C(=O)CN1C(=O)NC=C(c2ccccc2)c2ccccc21)c1ccccc1. The first-order valence-electron chi connectivity index (χ1n) is 9.40. The quantitative estimate of drug-likeness (QED) is 0.732. The molecule has 0 unspecified atom stereocenters. The summed E-state index contributed by atoms with van der Waals surface area (Å²) in [6.07, 6.45) is 1.71. The van der Waals surface area contributed by atoms with E-state index in [4.69, 9.17) is 0 Å². The molecule has 0 aromatic heterocycles. The highest BCUT2D eigenvalue weighted by Gasteiger charge is 2.26. The second-order valence-electron chi connectivity index (χ2n) is 6.77. The third kappa shape index (κ3) is 3.75. The van der Waals surface area contributed by atoms with Crippen molar-refractivity contribution in [2.75, 3.05) is 23.4 Å². The molecular formula is C24H21N3O2. The summed E-state index contributed by atoms with van der Waals surface area (Å²) >= 11 is 0. The van der Waals surface area contributed by atoms with Gasteiger partial charge in [-0.25, -0.2) is 4.79 Å². The minimum absolute atomic E-state index is 0.0653. The second-order valence-corrected chi connectivity index (χ2v) is 6.77. The number of carbonyl (C=O) groups excluding carboxylic acids is 2. The van der Waals surface area contributed by atoms with Crippen LogP contribution in [0.15, 0.2) is 91.1 Å². The van der Waals surface area contributed by atoms with E-state index >= 15 is 0 Å². The van der Waals surface area contributed by atoms with E-state index in [1.807, 2.05) is 84.9 Å². The first kappa shape index (κ1) is 18.5. The van der Waals surface area contributed by atoms with E-state index in [-0.39, 0.29) is 18.5 Å². The summed E-state index contributed by atoms with van der Waals surface area (Å²) in [7, 11) is 1.72. The molecule has 0 aliphatic carbocycles. The molecule has 0 bridgehead atoms. The fourth-order valence-corrected chi connectivity index (χ4v) is 3.39. The molecule has 3 amide bonds. The van der Waals surface area contributed by atoms with Crippen LogP contribution in [0.5, 0.6) is 0 Å². The van der Waals surface area contributed by atoms with E-state index in [9.17, 15) is 9.59 Å². The number of para-hydroxylation sites is 2. The van der Waals surface area contributed by atoms with Gasteiger partial charge in [-0.15, -0.1) is 0 Å². The highest BCUT2D eigenvalue weighted by atomic mass is 16.2. The molecule has 3 aromatic rings. The molecule has 0 saturated carbocycles. The first-order valence-corrected chi connectivity index (χ1v) is 9.40. The molecular weight excluding hydrogens is 362 g/mol. The van der Waals surface area contributed by atoms with Crippen LogP contribution in [0.2, 0.25) is 0 Å². The zero-order valence-corrected chi connectivity index (χ0v) is 16.1. The summed E-state index contributed by atoms with van der Waals surface area (Å²) < 4.78 is 0. The van der Waals surface area contributed by atoms with Crippen molar-refractivity contribution in [3.63, 3.8) is 0 Å². The van der Waals surface area contributed by atoms with Crippen LogP contribution >= 0.6 is 0 Å². The number of hydrogen-bond acceptors (Lipinski definition) is 2. The minimum atomic E-state index is -0.335. The molecule has 0 spiro atoms. The Kier molecular flexibility index (Phi) is 5.12. The zero-order chi connectivity index (χ0) is 20.2. The Morgan fingerprint density at radius 3 is 2.24 bits per heavy atom. The monoisotopic (exact) mass is 383 g/mol. The number of benzene rings is 3. The molecule has 1 N–H and O–H groups in total. The van der Waals surface area contributed by atoms with Gasteiger partial charge in [-0.05, 0) is 23.8 Å². The van der Waals surface area contributed by atoms with Gasteiger partial charge in [0.1, 0.15) is 6.54 Å². The van der Waals surface area contributed by atoms with Crippen LogP contribution in [0.25, 0.3) is 5.57 Å². The summed E-state index contributed by atoms with van der Waals surface area (Å²) in [6.45, 7) is -0.0653. The normalized spacial score (nSPS) is 13.1. The maximum Gasteiger partial charge on any atom is 0.326 e. The minimum Gasteiger partial charge on any atom is -0.314 e. The molecule has 0 radical (unpaired) electrons. The van der Waals surface area contributed by atoms with Crippen LogP contribution in [0.1, 0.15) is 11.1 Å². The molecule has 29 heavy (non-hydrogen) atoms. The molecule has 144 valence electrons. The van der Waals surface area contributed by atoms with Gasteiger partial charge in [0.15, 0.2) is 0 Å². The van der Waals surface area contributed by atoms with E-state index in [0.717, 1.165) is 22.4 Å². The van der Waals surface area contributed by atoms with Crippen LogP contribution in [-0.4, -0.2) is 25.5 Å². The maximum atomic E-state index is 12.9. The fourth-order valence-electron chi connectivity index (χ4n) is 3.39. The van der Waals surface area contributed by atoms with Gasteiger partial charge >= 0.3 is 6.03 Å². The smallest absolute Gasteiger partial charge is 0.314 e. The highest BCUT2D eigenvalue weighted by Crippen LogP contribution is 2.33. The van der Waals surface area contributed by atoms with Crippen LogP contribution in [-0.2, 0) is 4.79 Å². The van der Waals surface area contributed by atoms with Gasteiger partial charge in [-0.3, -0.25) is 9.69 Å². The lowest BCUT2D eigenvalue weighted by Gasteiger charge is -2.25. The zero-order valence-electron chi connectivity index (χ0n) is 16.1. The number of nitrogens with one attached hydrogen (secondary N) is 1. The Bertz CT molecular complexity index is 1060. The third-order valence-corrected chi connectivity index (χ3v) is 4.97. The molecule has 0 saturated heterocycles. The van der Waals surface area contributed by atoms with Crippen molar-refractivity contribution < 1.29 is 9.59 Å². The number of anilines is 2. The summed E-state index contributed by atoms with van der Waals surface area (Å²) in [4.78, 5) is 28.8. The number of nitrogens with zero attached hydrogens (tertiary/aromatic N) is 2. The van der Waals surface area contributed by atoms with Crippen molar-refractivity contribution in [2.45, 2.75) is 0 Å². The number of carbonyl (C=O) groups is 2. The van der Waals surface area contributed by atoms with Crippen molar-refractivity contribution in [2.24, 2.45) is 0 Å². The largest absolute Gasteiger partial charge is 0.326 e. The molecule has 5 nitrogen and oxygen atoms in total. The third-order valence-electron chi connectivity index (χ3n) is 4.97. The summed E-state index contributed by atoms with van der Waals surface area (Å²) in [6, 6.07) is 26.6. The van der Waals surface area contributed by atoms with Crippen LogP contribution < -0.4 is 15.1 Å². The van der Waals surface area contributed by atoms with Gasteiger partial charge in [0.05, 0.1) is 5.69 Å². The Labute approximate surface area is 169 Å². The molecule has 3 aromatic carbocycles. The van der Waals surface area contributed by atoms with E-state index in [1.54, 1.807) is 18.1 Å². The Balaban J connectivity index is 1.67. The summed E-state index contributed by atoms with van der Waals surface area (Å²) in [5.74, 6) is -0.177. The lowest BCUT2D eigenvalue weighted by atomic mass is 9.97. The van der Waals surface area contributed by atoms with Crippen molar-refractivity contribution in [3.05, 3.63) is 102 Å². The predicted molar refractivity (Wildman–Crippen MR) is 116 cm³/mol. The number of likely N-dealkylation sites (N-methyl/N-ethyl adjacent to an activating group) is 1. The van der Waals surface area contributed by atoms with Crippen LogP contribution in [0, 0.1) is 0 Å². The summed E-state index contributed by atoms with van der Waals surface area (Å²) in [5.41, 5.74) is 4.28. The predicted octanol–water partition coefficient (Wildman–Crippen LogP) is 4.27. The average Bonchev–Trinajstić information content (AvgIpc) is 2.91. The van der Waals surface area contributed by atoms with Gasteiger partial charge < -0.3 is 10.2 Å². The van der Waals surface area contributed by atoms with Gasteiger partial charge in [0, 0.05) is 30.1 Å². The van der Waals surface area contributed by atoms with E-state index < -0.39 is 0 Å². The molecule has 0 fully saturated rings. The standard InChI is InChI=1S/C24H21N3O2/c1-26(19-12-6-3-7-13-19)23(28)17-27-22-15-9-8-14-20(22)21(16-25-24(27)29)18-10-4-2-5-11-18/h2-16H,17H2,1H3,(H,25,29). The van der Waals surface area contributed by atoms with Crippen molar-refractivity contribution >= 4 is 28.9 Å². The lowest BCUT2D eigenvalue weighted by Crippen LogP contribution is -2.44. The Morgan fingerprint density at radius 1 is 0.897 bits per heavy atom. The highest BCUT2D eigenvalue weighted by molar-refractivity contribution is 6.06. The van der Waals surface area contributed by atoms with Gasteiger partial charge in [0.2, 0.25) is 5.91 Å². The number of rotatable bonds is 4. The second kappa shape index (κ2) is 8.02. The molecule has 1 aliphatic heterocycles. The van der Waals surface area contributed by atoms with Gasteiger partial charge in [-0.2, -0.15) is 0 Å². The number of urea groups is 1. The lowest BCUT2D eigenvalue weighted by molar-refractivity contribution is -0.117. The van der Waals surface area contributed by atoms with Gasteiger partial charge in [0.25, 0.3) is 0 Å².